The molecule has 0 bridgehead atoms. The molecule has 2 heterocycles. The molecule has 1 amide bonds. The lowest BCUT2D eigenvalue weighted by Crippen LogP contribution is -2.52. The van der Waals surface area contributed by atoms with Crippen LogP contribution in [0, 0.1) is 5.82 Å². The van der Waals surface area contributed by atoms with Gasteiger partial charge in [0.2, 0.25) is 5.91 Å². The molecule has 1 saturated carbocycles. The van der Waals surface area contributed by atoms with Gasteiger partial charge in [-0.05, 0) is 37.0 Å². The van der Waals surface area contributed by atoms with Gasteiger partial charge in [-0.25, -0.2) is 4.39 Å². The molecule has 6 heteroatoms. The number of amides is 1. The van der Waals surface area contributed by atoms with Gasteiger partial charge in [0, 0.05) is 45.3 Å². The van der Waals surface area contributed by atoms with Gasteiger partial charge in [-0.1, -0.05) is 18.6 Å². The van der Waals surface area contributed by atoms with Crippen LogP contribution in [0.25, 0.3) is 0 Å². The minimum absolute atomic E-state index is 0. The molecule has 0 spiro atoms. The van der Waals surface area contributed by atoms with E-state index in [1.165, 1.54) is 6.07 Å². The highest BCUT2D eigenvalue weighted by Crippen LogP contribution is 2.45. The highest BCUT2D eigenvalue weighted by molar-refractivity contribution is 5.89. The summed E-state index contributed by atoms with van der Waals surface area (Å²) in [6.45, 7) is 5.89. The molecule has 4 nitrogen and oxygen atoms in total. The van der Waals surface area contributed by atoms with E-state index < -0.39 is 5.41 Å². The number of nitrogens with zero attached hydrogens (tertiary/aromatic N) is 2. The van der Waals surface area contributed by atoms with Crippen LogP contribution in [-0.4, -0.2) is 61.0 Å². The van der Waals surface area contributed by atoms with E-state index in [1.807, 2.05) is 11.0 Å². The predicted octanol–water partition coefficient (Wildman–Crippen LogP) is 2.18. The summed E-state index contributed by atoms with van der Waals surface area (Å²) in [5, 5.41) is 3.38. The Balaban J connectivity index is 0.00000182. The minimum atomic E-state index is -0.472. The van der Waals surface area contributed by atoms with Crippen LogP contribution in [0.3, 0.4) is 0 Å². The molecule has 1 aromatic carbocycles. The summed E-state index contributed by atoms with van der Waals surface area (Å²) in [6, 6.07) is 7.15. The Morgan fingerprint density at radius 2 is 1.96 bits per heavy atom. The van der Waals surface area contributed by atoms with E-state index in [0.29, 0.717) is 6.04 Å². The van der Waals surface area contributed by atoms with Crippen LogP contribution < -0.4 is 5.32 Å². The maximum Gasteiger partial charge on any atom is 0.233 e. The van der Waals surface area contributed by atoms with Crippen molar-refractivity contribution in [1.29, 1.82) is 0 Å². The number of rotatable bonds is 3. The first-order chi connectivity index (χ1) is 11.7. The third-order valence-electron chi connectivity index (χ3n) is 6.11. The van der Waals surface area contributed by atoms with Gasteiger partial charge < -0.3 is 10.2 Å². The summed E-state index contributed by atoms with van der Waals surface area (Å²) in [5.74, 6) is -0.0244. The second-order valence-corrected chi connectivity index (χ2v) is 7.43. The van der Waals surface area contributed by atoms with Crippen molar-refractivity contribution < 1.29 is 9.18 Å². The molecule has 2 aliphatic heterocycles. The summed E-state index contributed by atoms with van der Waals surface area (Å²) in [5.41, 5.74) is 0.393. The van der Waals surface area contributed by atoms with E-state index in [4.69, 9.17) is 0 Å². The van der Waals surface area contributed by atoms with Gasteiger partial charge in [-0.3, -0.25) is 9.69 Å². The zero-order chi connectivity index (χ0) is 16.6. The quantitative estimate of drug-likeness (QED) is 0.889. The molecule has 3 fully saturated rings. The molecule has 25 heavy (non-hydrogen) atoms. The van der Waals surface area contributed by atoms with Crippen molar-refractivity contribution in [3.8, 4) is 0 Å². The molecule has 0 aromatic heterocycles. The molecule has 138 valence electrons. The van der Waals surface area contributed by atoms with Crippen molar-refractivity contribution in [3.63, 3.8) is 0 Å². The number of likely N-dealkylation sites (tertiary alicyclic amines) is 1. The van der Waals surface area contributed by atoms with Crippen molar-refractivity contribution in [2.75, 3.05) is 39.3 Å². The fraction of sp³-hybridized carbons (Fsp3) is 0.632. The smallest absolute Gasteiger partial charge is 0.233 e. The standard InChI is InChI=1S/C19H26FN3O.ClH/c20-16-4-1-3-15(13-16)19(6-2-7-19)18(24)23-10-5-17(14-23)22-11-8-21-9-12-22;/h1,3-4,13,17,21H,2,5-12,14H2;1H. The third-order valence-corrected chi connectivity index (χ3v) is 6.11. The molecule has 2 saturated heterocycles. The van der Waals surface area contributed by atoms with Crippen LogP contribution in [0.1, 0.15) is 31.2 Å². The van der Waals surface area contributed by atoms with Gasteiger partial charge in [0.25, 0.3) is 0 Å². The zero-order valence-electron chi connectivity index (χ0n) is 14.5. The Morgan fingerprint density at radius 1 is 1.20 bits per heavy atom. The van der Waals surface area contributed by atoms with Gasteiger partial charge >= 0.3 is 0 Å². The predicted molar refractivity (Wildman–Crippen MR) is 98.6 cm³/mol. The van der Waals surface area contributed by atoms with Crippen molar-refractivity contribution >= 4 is 18.3 Å². The van der Waals surface area contributed by atoms with Crippen molar-refractivity contribution in [3.05, 3.63) is 35.6 Å². The number of hydrogen-bond donors (Lipinski definition) is 1. The van der Waals surface area contributed by atoms with E-state index >= 15 is 0 Å². The summed E-state index contributed by atoms with van der Waals surface area (Å²) >= 11 is 0. The first-order valence-electron chi connectivity index (χ1n) is 9.19. The highest BCUT2D eigenvalue weighted by atomic mass is 35.5. The second-order valence-electron chi connectivity index (χ2n) is 7.43. The van der Waals surface area contributed by atoms with Crippen LogP contribution in [0.5, 0.6) is 0 Å². The topological polar surface area (TPSA) is 35.6 Å². The Bertz CT molecular complexity index is 616. The SMILES string of the molecule is Cl.O=C(N1CCC(N2CCNCC2)C1)C1(c2cccc(F)c2)CCC1. The van der Waals surface area contributed by atoms with Crippen molar-refractivity contribution in [2.45, 2.75) is 37.1 Å². The van der Waals surface area contributed by atoms with Crippen molar-refractivity contribution in [1.82, 2.24) is 15.1 Å². The third kappa shape index (κ3) is 3.42. The molecule has 1 N–H and O–H groups in total. The molecule has 1 aliphatic carbocycles. The molecule has 4 rings (SSSR count). The Labute approximate surface area is 155 Å². The monoisotopic (exact) mass is 367 g/mol. The summed E-state index contributed by atoms with van der Waals surface area (Å²) in [4.78, 5) is 17.8. The first kappa shape index (κ1) is 18.6. The van der Waals surface area contributed by atoms with Gasteiger partial charge in [-0.15, -0.1) is 12.4 Å². The second kappa shape index (κ2) is 7.60. The Morgan fingerprint density at radius 3 is 2.60 bits per heavy atom. The maximum atomic E-state index is 13.7. The number of halogens is 2. The summed E-state index contributed by atoms with van der Waals surface area (Å²) < 4.78 is 13.7. The first-order valence-corrected chi connectivity index (χ1v) is 9.19. The van der Waals surface area contributed by atoms with E-state index in [0.717, 1.165) is 70.5 Å². The average Bonchev–Trinajstić information content (AvgIpc) is 3.05. The zero-order valence-corrected chi connectivity index (χ0v) is 15.4. The van der Waals surface area contributed by atoms with Gasteiger partial charge in [0.1, 0.15) is 5.82 Å². The van der Waals surface area contributed by atoms with E-state index in [1.54, 1.807) is 12.1 Å². The van der Waals surface area contributed by atoms with E-state index in [-0.39, 0.29) is 24.1 Å². The van der Waals surface area contributed by atoms with Gasteiger partial charge in [0.05, 0.1) is 5.41 Å². The number of benzene rings is 1. The van der Waals surface area contributed by atoms with Gasteiger partial charge in [-0.2, -0.15) is 0 Å². The molecule has 1 atom stereocenters. The fourth-order valence-electron chi connectivity index (χ4n) is 4.52. The summed E-state index contributed by atoms with van der Waals surface area (Å²) in [7, 11) is 0. The molecule has 1 aromatic rings. The molecular formula is C19H27ClFN3O. The highest BCUT2D eigenvalue weighted by Gasteiger charge is 2.49. The lowest BCUT2D eigenvalue weighted by molar-refractivity contribution is -0.140. The van der Waals surface area contributed by atoms with Crippen LogP contribution in [0.2, 0.25) is 0 Å². The number of carbonyl (C=O) groups excluding carboxylic acids is 1. The molecule has 1 unspecified atom stereocenters. The van der Waals surface area contributed by atoms with E-state index in [9.17, 15) is 9.18 Å². The normalized spacial score (nSPS) is 26.0. The van der Waals surface area contributed by atoms with Crippen LogP contribution in [-0.2, 0) is 10.2 Å². The number of hydrogen-bond acceptors (Lipinski definition) is 3. The summed E-state index contributed by atoms with van der Waals surface area (Å²) in [6.07, 6.45) is 3.82. The minimum Gasteiger partial charge on any atom is -0.340 e. The Hall–Kier alpha value is -1.17. The lowest BCUT2D eigenvalue weighted by Gasteiger charge is -2.43. The number of nitrogens with one attached hydrogen (secondary N) is 1. The number of piperazine rings is 1. The number of carbonyl (C=O) groups is 1. The average molecular weight is 368 g/mol. The molecular weight excluding hydrogens is 341 g/mol. The van der Waals surface area contributed by atoms with Crippen molar-refractivity contribution in [2.24, 2.45) is 0 Å². The largest absolute Gasteiger partial charge is 0.340 e. The molecule has 0 radical (unpaired) electrons. The molecule has 3 aliphatic rings. The van der Waals surface area contributed by atoms with Crippen LogP contribution >= 0.6 is 12.4 Å². The fourth-order valence-corrected chi connectivity index (χ4v) is 4.52. The van der Waals surface area contributed by atoms with Gasteiger partial charge in [0.15, 0.2) is 0 Å². The van der Waals surface area contributed by atoms with E-state index in [2.05, 4.69) is 10.2 Å². The lowest BCUT2D eigenvalue weighted by atomic mass is 9.63. The van der Waals surface area contributed by atoms with Crippen LogP contribution in [0.4, 0.5) is 4.39 Å². The van der Waals surface area contributed by atoms with Crippen LogP contribution in [0.15, 0.2) is 24.3 Å². The Kier molecular flexibility index (Phi) is 5.66. The maximum absolute atomic E-state index is 13.7.